The summed E-state index contributed by atoms with van der Waals surface area (Å²) in [6, 6.07) is 25.0. The first kappa shape index (κ1) is 27.7. The van der Waals surface area contributed by atoms with Crippen molar-refractivity contribution in [1.82, 2.24) is 0 Å². The smallest absolute Gasteiger partial charge is 0.255 e. The summed E-state index contributed by atoms with van der Waals surface area (Å²) >= 11 is 0. The molecular weight excluding hydrogens is 512 g/mol. The van der Waals surface area contributed by atoms with Crippen LogP contribution in [0.5, 0.6) is 11.5 Å². The Morgan fingerprint density at radius 3 is 2.31 bits per heavy atom. The molecule has 0 saturated heterocycles. The molecule has 0 spiro atoms. The average Bonchev–Trinajstić information content (AvgIpc) is 2.88. The molecule has 0 aliphatic rings. The van der Waals surface area contributed by atoms with Crippen LogP contribution in [-0.4, -0.2) is 24.7 Å². The Morgan fingerprint density at radius 1 is 0.872 bits per heavy atom. The van der Waals surface area contributed by atoms with Crippen molar-refractivity contribution in [2.24, 2.45) is 0 Å². The number of benzene rings is 4. The molecule has 1 amide bonds. The number of ether oxygens (including phenoxy) is 1. The standard InChI is InChI=1S/C31H32N2O5S/c1-20(2)39(36,37)33-28-15-21(3)14-23(17-28)19-38-30-13-10-27(16-22(30)4)32-31(35)26-7-5-6-25(18-26)24-8-11-29(34)12-9-24/h5-18,20,33-34H,19H2,1-4H3,(H,32,35). The molecule has 0 atom stereocenters. The molecule has 0 bridgehead atoms. The summed E-state index contributed by atoms with van der Waals surface area (Å²) in [7, 11) is -3.45. The van der Waals surface area contributed by atoms with Crippen molar-refractivity contribution in [2.75, 3.05) is 10.0 Å². The van der Waals surface area contributed by atoms with Crippen LogP contribution in [0.1, 0.15) is 40.9 Å². The molecule has 0 aliphatic carbocycles. The number of carbonyl (C=O) groups is 1. The Hall–Kier alpha value is -4.30. The van der Waals surface area contributed by atoms with Gasteiger partial charge in [-0.05, 0) is 110 Å². The lowest BCUT2D eigenvalue weighted by atomic mass is 10.0. The molecular formula is C31H32N2O5S. The zero-order chi connectivity index (χ0) is 28.2. The van der Waals surface area contributed by atoms with E-state index in [-0.39, 0.29) is 18.3 Å². The number of hydrogen-bond acceptors (Lipinski definition) is 5. The highest BCUT2D eigenvalue weighted by Gasteiger charge is 2.16. The van der Waals surface area contributed by atoms with E-state index in [9.17, 15) is 18.3 Å². The molecule has 3 N–H and O–H groups in total. The maximum Gasteiger partial charge on any atom is 0.255 e. The van der Waals surface area contributed by atoms with Gasteiger partial charge in [-0.1, -0.05) is 30.3 Å². The molecule has 8 heteroatoms. The molecule has 0 aromatic heterocycles. The van der Waals surface area contributed by atoms with E-state index >= 15 is 0 Å². The van der Waals surface area contributed by atoms with Crippen LogP contribution < -0.4 is 14.8 Å². The summed E-state index contributed by atoms with van der Waals surface area (Å²) in [6.07, 6.45) is 0. The second-order valence-electron chi connectivity index (χ2n) is 9.75. The summed E-state index contributed by atoms with van der Waals surface area (Å²) in [6.45, 7) is 7.32. The Morgan fingerprint density at radius 2 is 1.62 bits per heavy atom. The fraction of sp³-hybridized carbons (Fsp3) is 0.194. The first-order chi connectivity index (χ1) is 18.5. The van der Waals surface area contributed by atoms with Crippen LogP contribution >= 0.6 is 0 Å². The predicted molar refractivity (Wildman–Crippen MR) is 156 cm³/mol. The van der Waals surface area contributed by atoms with Gasteiger partial charge in [0.15, 0.2) is 0 Å². The van der Waals surface area contributed by atoms with Crippen LogP contribution in [0.25, 0.3) is 11.1 Å². The molecule has 7 nitrogen and oxygen atoms in total. The molecule has 0 heterocycles. The van der Waals surface area contributed by atoms with E-state index in [1.165, 1.54) is 0 Å². The number of phenolic OH excluding ortho intramolecular Hbond substituents is 1. The highest BCUT2D eigenvalue weighted by atomic mass is 32.2. The molecule has 0 unspecified atom stereocenters. The van der Waals surface area contributed by atoms with Crippen molar-refractivity contribution in [3.63, 3.8) is 0 Å². The van der Waals surface area contributed by atoms with Crippen LogP contribution in [0.3, 0.4) is 0 Å². The number of rotatable bonds is 9. The van der Waals surface area contributed by atoms with Crippen LogP contribution in [0.2, 0.25) is 0 Å². The van der Waals surface area contributed by atoms with E-state index in [1.807, 2.05) is 44.2 Å². The maximum atomic E-state index is 12.9. The van der Waals surface area contributed by atoms with Gasteiger partial charge >= 0.3 is 0 Å². The number of aromatic hydroxyl groups is 1. The van der Waals surface area contributed by atoms with Gasteiger partial charge in [-0.15, -0.1) is 0 Å². The SMILES string of the molecule is Cc1cc(COc2ccc(NC(=O)c3cccc(-c4ccc(O)cc4)c3)cc2C)cc(NS(=O)(=O)C(C)C)c1. The number of amides is 1. The van der Waals surface area contributed by atoms with Crippen molar-refractivity contribution in [3.8, 4) is 22.6 Å². The minimum Gasteiger partial charge on any atom is -0.508 e. The largest absolute Gasteiger partial charge is 0.508 e. The summed E-state index contributed by atoms with van der Waals surface area (Å²) in [5, 5.41) is 11.9. The van der Waals surface area contributed by atoms with Crippen molar-refractivity contribution in [3.05, 3.63) is 107 Å². The minimum absolute atomic E-state index is 0.188. The van der Waals surface area contributed by atoms with Gasteiger partial charge in [-0.2, -0.15) is 0 Å². The van der Waals surface area contributed by atoms with Gasteiger partial charge in [-0.25, -0.2) is 8.42 Å². The van der Waals surface area contributed by atoms with Gasteiger partial charge < -0.3 is 15.2 Å². The topological polar surface area (TPSA) is 105 Å². The summed E-state index contributed by atoms with van der Waals surface area (Å²) in [5.41, 5.74) is 6.04. The molecule has 0 radical (unpaired) electrons. The van der Waals surface area contributed by atoms with Crippen molar-refractivity contribution in [2.45, 2.75) is 39.6 Å². The number of nitrogens with one attached hydrogen (secondary N) is 2. The van der Waals surface area contributed by atoms with Gasteiger partial charge in [-0.3, -0.25) is 9.52 Å². The maximum absolute atomic E-state index is 12.9. The normalized spacial score (nSPS) is 11.3. The van der Waals surface area contributed by atoms with E-state index in [1.54, 1.807) is 68.4 Å². The monoisotopic (exact) mass is 544 g/mol. The molecule has 0 fully saturated rings. The number of carbonyl (C=O) groups excluding carboxylic acids is 1. The van der Waals surface area contributed by atoms with Crippen molar-refractivity contribution >= 4 is 27.3 Å². The molecule has 0 aliphatic heterocycles. The molecule has 4 aromatic carbocycles. The Labute approximate surface area is 229 Å². The van der Waals surface area contributed by atoms with Gasteiger partial charge in [0, 0.05) is 16.9 Å². The molecule has 4 aromatic rings. The molecule has 4 rings (SSSR count). The summed E-state index contributed by atoms with van der Waals surface area (Å²) in [5.74, 6) is 0.612. The van der Waals surface area contributed by atoms with Crippen molar-refractivity contribution < 1.29 is 23.1 Å². The van der Waals surface area contributed by atoms with Gasteiger partial charge in [0.25, 0.3) is 5.91 Å². The lowest BCUT2D eigenvalue weighted by Crippen LogP contribution is -2.22. The lowest BCUT2D eigenvalue weighted by molar-refractivity contribution is 0.102. The number of hydrogen-bond donors (Lipinski definition) is 3. The molecule has 202 valence electrons. The minimum atomic E-state index is -3.45. The average molecular weight is 545 g/mol. The van der Waals surface area contributed by atoms with Crippen molar-refractivity contribution in [1.29, 1.82) is 0 Å². The number of anilines is 2. The van der Waals surface area contributed by atoms with Gasteiger partial charge in [0.1, 0.15) is 18.1 Å². The van der Waals surface area contributed by atoms with Gasteiger partial charge in [0.2, 0.25) is 10.0 Å². The van der Waals surface area contributed by atoms with E-state index in [2.05, 4.69) is 10.0 Å². The first-order valence-corrected chi connectivity index (χ1v) is 14.1. The second-order valence-corrected chi connectivity index (χ2v) is 12.0. The Bertz CT molecular complexity index is 1600. The van der Waals surface area contributed by atoms with Crippen LogP contribution in [0.15, 0.2) is 84.9 Å². The lowest BCUT2D eigenvalue weighted by Gasteiger charge is -2.15. The van der Waals surface area contributed by atoms with E-state index in [0.717, 1.165) is 27.8 Å². The third kappa shape index (κ3) is 7.18. The summed E-state index contributed by atoms with van der Waals surface area (Å²) in [4.78, 5) is 12.9. The first-order valence-electron chi connectivity index (χ1n) is 12.6. The number of phenols is 1. The van der Waals surface area contributed by atoms with Gasteiger partial charge in [0.05, 0.1) is 5.25 Å². The second kappa shape index (κ2) is 11.6. The Kier molecular flexibility index (Phi) is 8.26. The summed E-state index contributed by atoms with van der Waals surface area (Å²) < 4.78 is 33.2. The van der Waals surface area contributed by atoms with Crippen LogP contribution in [-0.2, 0) is 16.6 Å². The number of aryl methyl sites for hydroxylation is 2. The fourth-order valence-corrected chi connectivity index (χ4v) is 4.72. The third-order valence-electron chi connectivity index (χ3n) is 6.17. The highest BCUT2D eigenvalue weighted by molar-refractivity contribution is 7.93. The molecule has 39 heavy (non-hydrogen) atoms. The highest BCUT2D eigenvalue weighted by Crippen LogP contribution is 2.26. The zero-order valence-corrected chi connectivity index (χ0v) is 23.2. The van der Waals surface area contributed by atoms with E-state index in [4.69, 9.17) is 4.74 Å². The fourth-order valence-electron chi connectivity index (χ4n) is 4.03. The Balaban J connectivity index is 1.42. The van der Waals surface area contributed by atoms with E-state index in [0.29, 0.717) is 22.7 Å². The molecule has 0 saturated carbocycles. The van der Waals surface area contributed by atoms with Crippen LogP contribution in [0.4, 0.5) is 11.4 Å². The number of sulfonamides is 1. The quantitative estimate of drug-likeness (QED) is 0.219. The van der Waals surface area contributed by atoms with E-state index < -0.39 is 15.3 Å². The zero-order valence-electron chi connectivity index (χ0n) is 22.4. The third-order valence-corrected chi connectivity index (χ3v) is 7.93. The predicted octanol–water partition coefficient (Wildman–Crippen LogP) is 6.66. The van der Waals surface area contributed by atoms with Crippen LogP contribution in [0, 0.1) is 13.8 Å².